The van der Waals surface area contributed by atoms with Crippen molar-refractivity contribution in [3.8, 4) is 0 Å². The van der Waals surface area contributed by atoms with Crippen LogP contribution in [0.4, 0.5) is 0 Å². The lowest BCUT2D eigenvalue weighted by Crippen LogP contribution is -2.21. The SMILES string of the molecule is CCCNC(CC)c1cn(C)nc1C. The first kappa shape index (κ1) is 11.2. The van der Waals surface area contributed by atoms with Crippen LogP contribution in [-0.2, 0) is 7.05 Å². The van der Waals surface area contributed by atoms with Crippen LogP contribution in [0.2, 0.25) is 0 Å². The second-order valence-corrected chi connectivity index (χ2v) is 3.76. The van der Waals surface area contributed by atoms with E-state index in [-0.39, 0.29) is 0 Å². The molecule has 80 valence electrons. The molecule has 0 aliphatic carbocycles. The summed E-state index contributed by atoms with van der Waals surface area (Å²) in [5, 5.41) is 7.90. The van der Waals surface area contributed by atoms with Gasteiger partial charge in [0.15, 0.2) is 0 Å². The first-order chi connectivity index (χ1) is 6.69. The summed E-state index contributed by atoms with van der Waals surface area (Å²) in [6.07, 6.45) is 4.41. The molecule has 0 bridgehead atoms. The second kappa shape index (κ2) is 5.15. The maximum Gasteiger partial charge on any atom is 0.0641 e. The number of hydrogen-bond donors (Lipinski definition) is 1. The molecule has 3 nitrogen and oxygen atoms in total. The Bertz CT molecular complexity index is 278. The van der Waals surface area contributed by atoms with Gasteiger partial charge < -0.3 is 5.32 Å². The fourth-order valence-electron chi connectivity index (χ4n) is 1.75. The third-order valence-electron chi connectivity index (χ3n) is 2.48. The average molecular weight is 195 g/mol. The predicted octanol–water partition coefficient (Wildman–Crippen LogP) is 2.18. The monoisotopic (exact) mass is 195 g/mol. The maximum atomic E-state index is 4.36. The van der Waals surface area contributed by atoms with Gasteiger partial charge in [-0.05, 0) is 26.3 Å². The molecule has 1 rings (SSSR count). The van der Waals surface area contributed by atoms with E-state index in [1.807, 2.05) is 11.7 Å². The van der Waals surface area contributed by atoms with Gasteiger partial charge >= 0.3 is 0 Å². The molecule has 14 heavy (non-hydrogen) atoms. The van der Waals surface area contributed by atoms with Gasteiger partial charge in [-0.2, -0.15) is 5.10 Å². The molecule has 1 unspecified atom stereocenters. The quantitative estimate of drug-likeness (QED) is 0.780. The van der Waals surface area contributed by atoms with Crippen molar-refractivity contribution < 1.29 is 0 Å². The van der Waals surface area contributed by atoms with Gasteiger partial charge in [0, 0.05) is 24.8 Å². The Hall–Kier alpha value is -0.830. The Labute approximate surface area is 86.5 Å². The Balaban J connectivity index is 2.72. The molecule has 1 aromatic rings. The number of nitrogens with one attached hydrogen (secondary N) is 1. The average Bonchev–Trinajstić information content (AvgIpc) is 2.47. The minimum atomic E-state index is 0.462. The highest BCUT2D eigenvalue weighted by molar-refractivity contribution is 5.19. The first-order valence-corrected chi connectivity index (χ1v) is 5.42. The highest BCUT2D eigenvalue weighted by atomic mass is 15.3. The van der Waals surface area contributed by atoms with E-state index in [4.69, 9.17) is 0 Å². The summed E-state index contributed by atoms with van der Waals surface area (Å²) in [5.41, 5.74) is 2.48. The molecule has 1 N–H and O–H groups in total. The third kappa shape index (κ3) is 2.58. The highest BCUT2D eigenvalue weighted by Gasteiger charge is 2.13. The molecule has 0 saturated heterocycles. The zero-order valence-electron chi connectivity index (χ0n) is 9.67. The standard InChI is InChI=1S/C11H21N3/c1-5-7-12-11(6-2)10-8-14(4)13-9(10)3/h8,11-12H,5-7H2,1-4H3. The summed E-state index contributed by atoms with van der Waals surface area (Å²) in [7, 11) is 1.98. The summed E-state index contributed by atoms with van der Waals surface area (Å²) in [4.78, 5) is 0. The summed E-state index contributed by atoms with van der Waals surface area (Å²) in [5.74, 6) is 0. The van der Waals surface area contributed by atoms with Crippen molar-refractivity contribution in [1.29, 1.82) is 0 Å². The van der Waals surface area contributed by atoms with E-state index in [9.17, 15) is 0 Å². The lowest BCUT2D eigenvalue weighted by molar-refractivity contribution is 0.516. The van der Waals surface area contributed by atoms with Crippen molar-refractivity contribution in [2.75, 3.05) is 6.54 Å². The van der Waals surface area contributed by atoms with Gasteiger partial charge in [0.2, 0.25) is 0 Å². The topological polar surface area (TPSA) is 29.9 Å². The van der Waals surface area contributed by atoms with E-state index < -0.39 is 0 Å². The van der Waals surface area contributed by atoms with Gasteiger partial charge in [0.1, 0.15) is 0 Å². The molecule has 1 heterocycles. The van der Waals surface area contributed by atoms with E-state index in [2.05, 4.69) is 37.4 Å². The van der Waals surface area contributed by atoms with Crippen molar-refractivity contribution in [3.05, 3.63) is 17.5 Å². The van der Waals surface area contributed by atoms with Crippen LogP contribution in [0, 0.1) is 6.92 Å². The molecule has 3 heteroatoms. The fraction of sp³-hybridized carbons (Fsp3) is 0.727. The number of rotatable bonds is 5. The van der Waals surface area contributed by atoms with E-state index in [0.717, 1.165) is 18.7 Å². The molecule has 0 aliphatic rings. The Morgan fingerprint density at radius 3 is 2.64 bits per heavy atom. The van der Waals surface area contributed by atoms with Crippen LogP contribution < -0.4 is 5.32 Å². The van der Waals surface area contributed by atoms with Crippen LogP contribution in [0.3, 0.4) is 0 Å². The van der Waals surface area contributed by atoms with Crippen LogP contribution in [0.5, 0.6) is 0 Å². The summed E-state index contributed by atoms with van der Waals surface area (Å²) < 4.78 is 1.89. The number of aromatic nitrogens is 2. The Morgan fingerprint density at radius 1 is 1.50 bits per heavy atom. The molecule has 0 fully saturated rings. The van der Waals surface area contributed by atoms with Crippen molar-refractivity contribution in [3.63, 3.8) is 0 Å². The molecule has 0 amide bonds. The van der Waals surface area contributed by atoms with Gasteiger partial charge in [-0.3, -0.25) is 4.68 Å². The predicted molar refractivity (Wildman–Crippen MR) is 59.3 cm³/mol. The zero-order valence-corrected chi connectivity index (χ0v) is 9.67. The largest absolute Gasteiger partial charge is 0.310 e. The second-order valence-electron chi connectivity index (χ2n) is 3.76. The minimum absolute atomic E-state index is 0.462. The van der Waals surface area contributed by atoms with Crippen molar-refractivity contribution in [2.24, 2.45) is 7.05 Å². The van der Waals surface area contributed by atoms with Crippen LogP contribution >= 0.6 is 0 Å². The molecule has 0 radical (unpaired) electrons. The van der Waals surface area contributed by atoms with E-state index in [1.54, 1.807) is 0 Å². The lowest BCUT2D eigenvalue weighted by atomic mass is 10.1. The van der Waals surface area contributed by atoms with Gasteiger partial charge in [0.05, 0.1) is 5.69 Å². The van der Waals surface area contributed by atoms with Crippen molar-refractivity contribution in [2.45, 2.75) is 39.7 Å². The maximum absolute atomic E-state index is 4.36. The normalized spacial score (nSPS) is 13.1. The molecule has 1 atom stereocenters. The van der Waals surface area contributed by atoms with Crippen molar-refractivity contribution in [1.82, 2.24) is 15.1 Å². The van der Waals surface area contributed by atoms with Crippen LogP contribution in [0.15, 0.2) is 6.20 Å². The van der Waals surface area contributed by atoms with E-state index in [1.165, 1.54) is 12.0 Å². The Morgan fingerprint density at radius 2 is 2.21 bits per heavy atom. The molecule has 0 aliphatic heterocycles. The highest BCUT2D eigenvalue weighted by Crippen LogP contribution is 2.18. The zero-order chi connectivity index (χ0) is 10.6. The fourth-order valence-corrected chi connectivity index (χ4v) is 1.75. The van der Waals surface area contributed by atoms with E-state index in [0.29, 0.717) is 6.04 Å². The molecule has 0 aromatic carbocycles. The summed E-state index contributed by atoms with van der Waals surface area (Å²) in [6, 6.07) is 0.462. The van der Waals surface area contributed by atoms with Crippen LogP contribution in [-0.4, -0.2) is 16.3 Å². The molecular formula is C11H21N3. The minimum Gasteiger partial charge on any atom is -0.310 e. The number of aryl methyl sites for hydroxylation is 2. The molecule has 0 saturated carbocycles. The molecule has 1 aromatic heterocycles. The molecular weight excluding hydrogens is 174 g/mol. The van der Waals surface area contributed by atoms with Gasteiger partial charge in [-0.15, -0.1) is 0 Å². The number of hydrogen-bond acceptors (Lipinski definition) is 2. The number of nitrogens with zero attached hydrogens (tertiary/aromatic N) is 2. The first-order valence-electron chi connectivity index (χ1n) is 5.42. The van der Waals surface area contributed by atoms with Gasteiger partial charge in [-0.25, -0.2) is 0 Å². The smallest absolute Gasteiger partial charge is 0.0641 e. The van der Waals surface area contributed by atoms with Crippen LogP contribution in [0.1, 0.15) is 44.0 Å². The van der Waals surface area contributed by atoms with Gasteiger partial charge in [-0.1, -0.05) is 13.8 Å². The van der Waals surface area contributed by atoms with E-state index >= 15 is 0 Å². The van der Waals surface area contributed by atoms with Crippen LogP contribution in [0.25, 0.3) is 0 Å². The summed E-state index contributed by atoms with van der Waals surface area (Å²) in [6.45, 7) is 7.55. The van der Waals surface area contributed by atoms with Gasteiger partial charge in [0.25, 0.3) is 0 Å². The third-order valence-corrected chi connectivity index (χ3v) is 2.48. The lowest BCUT2D eigenvalue weighted by Gasteiger charge is -2.15. The van der Waals surface area contributed by atoms with Crippen molar-refractivity contribution >= 4 is 0 Å². The molecule has 0 spiro atoms. The summed E-state index contributed by atoms with van der Waals surface area (Å²) >= 11 is 0. The Kier molecular flexibility index (Phi) is 4.14.